The second-order valence-corrected chi connectivity index (χ2v) is 4.70. The highest BCUT2D eigenvalue weighted by Crippen LogP contribution is 2.42. The number of esters is 2. The molecule has 2 rings (SSSR count). The van der Waals surface area contributed by atoms with Gasteiger partial charge < -0.3 is 9.47 Å². The highest BCUT2D eigenvalue weighted by Gasteiger charge is 2.45. The van der Waals surface area contributed by atoms with E-state index in [1.165, 1.54) is 0 Å². The molecule has 1 fully saturated rings. The summed E-state index contributed by atoms with van der Waals surface area (Å²) in [5.41, 5.74) is 0.966. The molecule has 0 spiro atoms. The normalized spacial score (nSPS) is 20.7. The maximum atomic E-state index is 11.6. The van der Waals surface area contributed by atoms with E-state index < -0.39 is 0 Å². The third kappa shape index (κ3) is 4.09. The zero-order valence-electron chi connectivity index (χ0n) is 11.0. The Hall–Kier alpha value is -1.84. The van der Waals surface area contributed by atoms with E-state index in [2.05, 4.69) is 0 Å². The molecule has 1 saturated carbocycles. The number of hydrogen-bond acceptors (Lipinski definition) is 4. The summed E-state index contributed by atoms with van der Waals surface area (Å²) in [7, 11) is 0. The van der Waals surface area contributed by atoms with Crippen molar-refractivity contribution in [2.24, 2.45) is 11.8 Å². The Bertz CT molecular complexity index is 441. The molecular formula is C15H18O4. The summed E-state index contributed by atoms with van der Waals surface area (Å²) in [5, 5.41) is 0. The first kappa shape index (κ1) is 13.6. The summed E-state index contributed by atoms with van der Waals surface area (Å²) in [6.07, 6.45) is 1.04. The van der Waals surface area contributed by atoms with E-state index in [4.69, 9.17) is 9.47 Å². The minimum absolute atomic E-state index is 0.0994. The van der Waals surface area contributed by atoms with Crippen LogP contribution in [0, 0.1) is 11.8 Å². The fraction of sp³-hybridized carbons (Fsp3) is 0.467. The average Bonchev–Trinajstić information content (AvgIpc) is 3.17. The van der Waals surface area contributed by atoms with Gasteiger partial charge in [0.15, 0.2) is 0 Å². The molecule has 19 heavy (non-hydrogen) atoms. The van der Waals surface area contributed by atoms with Crippen LogP contribution in [0.15, 0.2) is 30.3 Å². The van der Waals surface area contributed by atoms with Gasteiger partial charge in [-0.2, -0.15) is 0 Å². The monoisotopic (exact) mass is 262 g/mol. The van der Waals surface area contributed by atoms with Crippen molar-refractivity contribution in [3.05, 3.63) is 35.9 Å². The quantitative estimate of drug-likeness (QED) is 0.738. The van der Waals surface area contributed by atoms with E-state index in [9.17, 15) is 9.59 Å². The molecule has 4 heteroatoms. The zero-order valence-corrected chi connectivity index (χ0v) is 11.0. The number of ether oxygens (including phenoxy) is 2. The molecule has 0 saturated heterocycles. The first-order chi connectivity index (χ1) is 9.20. The number of hydrogen-bond donors (Lipinski definition) is 0. The third-order valence-corrected chi connectivity index (χ3v) is 3.18. The molecule has 1 aliphatic carbocycles. The molecule has 0 bridgehead atoms. The highest BCUT2D eigenvalue weighted by atomic mass is 16.5. The Balaban J connectivity index is 1.68. The minimum Gasteiger partial charge on any atom is -0.466 e. The van der Waals surface area contributed by atoms with Crippen molar-refractivity contribution in [2.75, 3.05) is 6.61 Å². The predicted molar refractivity (Wildman–Crippen MR) is 69.1 cm³/mol. The fourth-order valence-corrected chi connectivity index (χ4v) is 2.02. The van der Waals surface area contributed by atoms with Crippen LogP contribution in [0.4, 0.5) is 0 Å². The molecule has 0 N–H and O–H groups in total. The standard InChI is InChI=1S/C15H18O4/c1-2-18-15(17)13-8-12(13)9-14(16)19-10-11-6-4-3-5-7-11/h3-7,12-13H,2,8-10H2,1H3. The molecule has 2 atom stereocenters. The van der Waals surface area contributed by atoms with E-state index in [-0.39, 0.29) is 30.4 Å². The van der Waals surface area contributed by atoms with Gasteiger partial charge >= 0.3 is 11.9 Å². The van der Waals surface area contributed by atoms with Gasteiger partial charge in [0.2, 0.25) is 0 Å². The first-order valence-electron chi connectivity index (χ1n) is 6.57. The van der Waals surface area contributed by atoms with Gasteiger partial charge in [-0.05, 0) is 24.8 Å². The van der Waals surface area contributed by atoms with E-state index in [0.717, 1.165) is 12.0 Å². The van der Waals surface area contributed by atoms with Gasteiger partial charge in [0.25, 0.3) is 0 Å². The van der Waals surface area contributed by atoms with Crippen molar-refractivity contribution in [1.29, 1.82) is 0 Å². The van der Waals surface area contributed by atoms with Crippen LogP contribution in [0.1, 0.15) is 25.3 Å². The van der Waals surface area contributed by atoms with Gasteiger partial charge in [0.1, 0.15) is 6.61 Å². The lowest BCUT2D eigenvalue weighted by atomic mass is 10.2. The highest BCUT2D eigenvalue weighted by molar-refractivity contribution is 5.78. The minimum atomic E-state index is -0.249. The van der Waals surface area contributed by atoms with E-state index >= 15 is 0 Å². The van der Waals surface area contributed by atoms with Crippen LogP contribution >= 0.6 is 0 Å². The van der Waals surface area contributed by atoms with Crippen LogP contribution in [0.3, 0.4) is 0 Å². The summed E-state index contributed by atoms with van der Waals surface area (Å²) in [4.78, 5) is 23.0. The second-order valence-electron chi connectivity index (χ2n) is 4.70. The van der Waals surface area contributed by atoms with Crippen LogP contribution in [-0.2, 0) is 25.7 Å². The van der Waals surface area contributed by atoms with Crippen LogP contribution in [0.2, 0.25) is 0 Å². The Morgan fingerprint density at radius 2 is 1.95 bits per heavy atom. The van der Waals surface area contributed by atoms with Gasteiger partial charge in [0.05, 0.1) is 12.5 Å². The van der Waals surface area contributed by atoms with Crippen LogP contribution in [-0.4, -0.2) is 18.5 Å². The van der Waals surface area contributed by atoms with Gasteiger partial charge in [-0.3, -0.25) is 9.59 Å². The summed E-state index contributed by atoms with van der Waals surface area (Å²) in [6.45, 7) is 2.46. The molecule has 1 aromatic carbocycles. The summed E-state index contributed by atoms with van der Waals surface area (Å²) < 4.78 is 10.1. The van der Waals surface area contributed by atoms with Gasteiger partial charge in [-0.15, -0.1) is 0 Å². The van der Waals surface area contributed by atoms with Crippen molar-refractivity contribution in [3.8, 4) is 0 Å². The molecule has 1 aromatic rings. The molecule has 1 aliphatic rings. The Morgan fingerprint density at radius 1 is 1.21 bits per heavy atom. The molecule has 0 aliphatic heterocycles. The maximum Gasteiger partial charge on any atom is 0.309 e. The second kappa shape index (κ2) is 6.36. The molecule has 0 aromatic heterocycles. The lowest BCUT2D eigenvalue weighted by Gasteiger charge is -2.04. The Morgan fingerprint density at radius 3 is 2.63 bits per heavy atom. The number of carbonyl (C=O) groups is 2. The Kier molecular flexibility index (Phi) is 4.55. The van der Waals surface area contributed by atoms with E-state index in [0.29, 0.717) is 13.0 Å². The van der Waals surface area contributed by atoms with Crippen molar-refractivity contribution in [3.63, 3.8) is 0 Å². The zero-order chi connectivity index (χ0) is 13.7. The summed E-state index contributed by atoms with van der Waals surface area (Å²) >= 11 is 0. The molecule has 102 valence electrons. The van der Waals surface area contributed by atoms with E-state index in [1.807, 2.05) is 30.3 Å². The molecule has 4 nitrogen and oxygen atoms in total. The van der Waals surface area contributed by atoms with Crippen LogP contribution in [0.5, 0.6) is 0 Å². The van der Waals surface area contributed by atoms with Crippen molar-refractivity contribution < 1.29 is 19.1 Å². The average molecular weight is 262 g/mol. The third-order valence-electron chi connectivity index (χ3n) is 3.18. The van der Waals surface area contributed by atoms with Gasteiger partial charge in [-0.25, -0.2) is 0 Å². The predicted octanol–water partition coefficient (Wildman–Crippen LogP) is 2.32. The van der Waals surface area contributed by atoms with E-state index in [1.54, 1.807) is 6.92 Å². The van der Waals surface area contributed by atoms with Gasteiger partial charge in [0, 0.05) is 6.42 Å². The number of carbonyl (C=O) groups excluding carboxylic acids is 2. The molecule has 0 amide bonds. The maximum absolute atomic E-state index is 11.6. The SMILES string of the molecule is CCOC(=O)C1CC1CC(=O)OCc1ccccc1. The smallest absolute Gasteiger partial charge is 0.309 e. The molecule has 0 heterocycles. The first-order valence-corrected chi connectivity index (χ1v) is 6.57. The molecule has 2 unspecified atom stereocenters. The summed E-state index contributed by atoms with van der Waals surface area (Å²) in [6, 6.07) is 9.54. The lowest BCUT2D eigenvalue weighted by Crippen LogP contribution is -2.10. The number of rotatable bonds is 6. The summed E-state index contributed by atoms with van der Waals surface area (Å²) in [5.74, 6) is -0.449. The van der Waals surface area contributed by atoms with Crippen molar-refractivity contribution >= 4 is 11.9 Å². The topological polar surface area (TPSA) is 52.6 Å². The lowest BCUT2D eigenvalue weighted by molar-refractivity contribution is -0.146. The van der Waals surface area contributed by atoms with Crippen molar-refractivity contribution in [1.82, 2.24) is 0 Å². The van der Waals surface area contributed by atoms with Crippen LogP contribution in [0.25, 0.3) is 0 Å². The Labute approximate surface area is 112 Å². The fourth-order valence-electron chi connectivity index (χ4n) is 2.02. The molecule has 0 radical (unpaired) electrons. The number of benzene rings is 1. The van der Waals surface area contributed by atoms with Crippen LogP contribution < -0.4 is 0 Å². The molecular weight excluding hydrogens is 244 g/mol. The van der Waals surface area contributed by atoms with Crippen molar-refractivity contribution in [2.45, 2.75) is 26.4 Å². The van der Waals surface area contributed by atoms with Gasteiger partial charge in [-0.1, -0.05) is 30.3 Å². The largest absolute Gasteiger partial charge is 0.466 e.